The Morgan fingerprint density at radius 3 is 2.68 bits per heavy atom. The van der Waals surface area contributed by atoms with Crippen molar-refractivity contribution in [3.05, 3.63) is 53.2 Å². The van der Waals surface area contributed by atoms with Crippen LogP contribution in [0.4, 0.5) is 0 Å². The maximum atomic E-state index is 12.7. The summed E-state index contributed by atoms with van der Waals surface area (Å²) in [5, 5.41) is 3.82. The lowest BCUT2D eigenvalue weighted by molar-refractivity contribution is 0.0933. The number of rotatable bonds is 7. The molecule has 1 aromatic carbocycles. The minimum absolute atomic E-state index is 0.0642. The average molecular weight is 358 g/mol. The summed E-state index contributed by atoms with van der Waals surface area (Å²) in [6.45, 7) is 7.17. The fraction of sp³-hybridized carbons (Fsp3) is 0.400. The maximum Gasteiger partial charge on any atom is 0.254 e. The summed E-state index contributed by atoms with van der Waals surface area (Å²) in [6.07, 6.45) is 2.65. The summed E-state index contributed by atoms with van der Waals surface area (Å²) >= 11 is 1.53. The Morgan fingerprint density at radius 2 is 2.00 bits per heavy atom. The molecule has 0 aliphatic heterocycles. The number of nitrogens with zero attached hydrogens (tertiary/aromatic N) is 2. The van der Waals surface area contributed by atoms with Crippen molar-refractivity contribution in [3.63, 3.8) is 0 Å². The van der Waals surface area contributed by atoms with Gasteiger partial charge in [-0.2, -0.15) is 0 Å². The van der Waals surface area contributed by atoms with E-state index in [9.17, 15) is 4.79 Å². The van der Waals surface area contributed by atoms with Crippen LogP contribution in [-0.2, 0) is 0 Å². The number of aryl methyl sites for hydroxylation is 2. The summed E-state index contributed by atoms with van der Waals surface area (Å²) < 4.78 is 0. The topological polar surface area (TPSA) is 45.2 Å². The third-order valence-corrected chi connectivity index (χ3v) is 5.10. The lowest BCUT2D eigenvalue weighted by Gasteiger charge is -2.17. The molecule has 4 nitrogen and oxygen atoms in total. The molecule has 0 bridgehead atoms. The van der Waals surface area contributed by atoms with Gasteiger partial charge >= 0.3 is 0 Å². The molecule has 0 saturated carbocycles. The highest BCUT2D eigenvalue weighted by Gasteiger charge is 2.15. The molecule has 2 aromatic rings. The van der Waals surface area contributed by atoms with Gasteiger partial charge in [-0.3, -0.25) is 4.79 Å². The van der Waals surface area contributed by atoms with Crippen molar-refractivity contribution >= 4 is 17.7 Å². The molecule has 1 aromatic heterocycles. The zero-order valence-corrected chi connectivity index (χ0v) is 16.5. The van der Waals surface area contributed by atoms with E-state index in [1.807, 2.05) is 33.2 Å². The number of pyridine rings is 1. The minimum atomic E-state index is -0.0642. The molecule has 0 aliphatic carbocycles. The van der Waals surface area contributed by atoms with E-state index >= 15 is 0 Å². The number of carbonyl (C=O) groups is 1. The van der Waals surface area contributed by atoms with Gasteiger partial charge in [0, 0.05) is 17.1 Å². The van der Waals surface area contributed by atoms with Gasteiger partial charge in [0.25, 0.3) is 5.91 Å². The third-order valence-electron chi connectivity index (χ3n) is 4.10. The number of hydrogen-bond acceptors (Lipinski definition) is 4. The van der Waals surface area contributed by atoms with Crippen LogP contribution in [0.5, 0.6) is 0 Å². The Kier molecular flexibility index (Phi) is 7.02. The summed E-state index contributed by atoms with van der Waals surface area (Å²) in [5.41, 5.74) is 3.13. The van der Waals surface area contributed by atoms with Gasteiger partial charge in [0.2, 0.25) is 0 Å². The molecule has 1 atom stereocenters. The van der Waals surface area contributed by atoms with Gasteiger partial charge in [-0.25, -0.2) is 4.98 Å². The number of aromatic nitrogens is 1. The quantitative estimate of drug-likeness (QED) is 0.816. The highest BCUT2D eigenvalue weighted by molar-refractivity contribution is 7.99. The number of hydrogen-bond donors (Lipinski definition) is 1. The van der Waals surface area contributed by atoms with Crippen LogP contribution < -0.4 is 5.32 Å². The minimum Gasteiger partial charge on any atom is -0.349 e. The second-order valence-electron chi connectivity index (χ2n) is 6.67. The molecular formula is C20H27N3OS. The Hall–Kier alpha value is -1.85. The van der Waals surface area contributed by atoms with Crippen molar-refractivity contribution in [1.82, 2.24) is 15.2 Å². The molecule has 1 amide bonds. The van der Waals surface area contributed by atoms with Crippen molar-refractivity contribution in [1.29, 1.82) is 0 Å². The summed E-state index contributed by atoms with van der Waals surface area (Å²) in [6, 6.07) is 10.1. The standard InChI is InChI=1S/C20H27N3OS/c1-14-8-9-17(13-15(14)2)25-20-18(7-6-11-21-20)19(24)22-16(3)10-12-23(4)5/h6-9,11,13,16H,10,12H2,1-5H3,(H,22,24). The molecular weight excluding hydrogens is 330 g/mol. The van der Waals surface area contributed by atoms with Crippen LogP contribution in [0.15, 0.2) is 46.5 Å². The Morgan fingerprint density at radius 1 is 1.24 bits per heavy atom. The third kappa shape index (κ3) is 5.87. The lowest BCUT2D eigenvalue weighted by Crippen LogP contribution is -2.35. The Bertz CT molecular complexity index is 731. The summed E-state index contributed by atoms with van der Waals surface area (Å²) in [5.74, 6) is -0.0642. The van der Waals surface area contributed by atoms with E-state index < -0.39 is 0 Å². The van der Waals surface area contributed by atoms with Crippen LogP contribution >= 0.6 is 11.8 Å². The van der Waals surface area contributed by atoms with Gasteiger partial charge in [-0.05, 0) is 83.2 Å². The van der Waals surface area contributed by atoms with Crippen molar-refractivity contribution in [2.45, 2.75) is 43.2 Å². The smallest absolute Gasteiger partial charge is 0.254 e. The molecule has 0 aliphatic rings. The van der Waals surface area contributed by atoms with Gasteiger partial charge in [0.1, 0.15) is 5.03 Å². The van der Waals surface area contributed by atoms with Crippen molar-refractivity contribution in [2.24, 2.45) is 0 Å². The molecule has 0 radical (unpaired) electrons. The predicted octanol–water partition coefficient (Wildman–Crippen LogP) is 3.92. The molecule has 5 heteroatoms. The van der Waals surface area contributed by atoms with Crippen LogP contribution in [0, 0.1) is 13.8 Å². The molecule has 1 heterocycles. The van der Waals surface area contributed by atoms with E-state index in [0.717, 1.165) is 22.9 Å². The molecule has 134 valence electrons. The highest BCUT2D eigenvalue weighted by atomic mass is 32.2. The van der Waals surface area contributed by atoms with E-state index in [1.165, 1.54) is 22.9 Å². The first-order chi connectivity index (χ1) is 11.9. The molecule has 25 heavy (non-hydrogen) atoms. The zero-order valence-electron chi connectivity index (χ0n) is 15.7. The molecule has 2 rings (SSSR count). The number of benzene rings is 1. The second kappa shape index (κ2) is 9.02. The van der Waals surface area contributed by atoms with Crippen molar-refractivity contribution in [2.75, 3.05) is 20.6 Å². The van der Waals surface area contributed by atoms with Crippen LogP contribution in [-0.4, -0.2) is 42.5 Å². The van der Waals surface area contributed by atoms with Crippen LogP contribution in [0.3, 0.4) is 0 Å². The van der Waals surface area contributed by atoms with Gasteiger partial charge in [0.05, 0.1) is 5.56 Å². The van der Waals surface area contributed by atoms with Crippen molar-refractivity contribution < 1.29 is 4.79 Å². The van der Waals surface area contributed by atoms with E-state index in [1.54, 1.807) is 6.20 Å². The monoisotopic (exact) mass is 357 g/mol. The van der Waals surface area contributed by atoms with Crippen molar-refractivity contribution in [3.8, 4) is 0 Å². The normalized spacial score (nSPS) is 12.2. The molecule has 1 N–H and O–H groups in total. The van der Waals surface area contributed by atoms with Crippen LogP contribution in [0.1, 0.15) is 34.8 Å². The predicted molar refractivity (Wildman–Crippen MR) is 104 cm³/mol. The lowest BCUT2D eigenvalue weighted by atomic mass is 10.1. The Balaban J connectivity index is 2.11. The SMILES string of the molecule is Cc1ccc(Sc2ncccc2C(=O)NC(C)CCN(C)C)cc1C. The van der Waals surface area contributed by atoms with Gasteiger partial charge < -0.3 is 10.2 Å². The fourth-order valence-corrected chi connectivity index (χ4v) is 3.34. The van der Waals surface area contributed by atoms with E-state index in [-0.39, 0.29) is 11.9 Å². The Labute approximate surface area is 155 Å². The first-order valence-electron chi connectivity index (χ1n) is 8.52. The summed E-state index contributed by atoms with van der Waals surface area (Å²) in [7, 11) is 4.07. The number of nitrogens with one attached hydrogen (secondary N) is 1. The number of amides is 1. The largest absolute Gasteiger partial charge is 0.349 e. The molecule has 0 saturated heterocycles. The van der Waals surface area contributed by atoms with Crippen LogP contribution in [0.25, 0.3) is 0 Å². The molecule has 1 unspecified atom stereocenters. The first-order valence-corrected chi connectivity index (χ1v) is 9.34. The maximum absolute atomic E-state index is 12.7. The van der Waals surface area contributed by atoms with E-state index in [2.05, 4.69) is 47.2 Å². The fourth-order valence-electron chi connectivity index (χ4n) is 2.36. The average Bonchev–Trinajstić information content (AvgIpc) is 2.57. The van der Waals surface area contributed by atoms with E-state index in [4.69, 9.17) is 0 Å². The second-order valence-corrected chi connectivity index (χ2v) is 7.73. The highest BCUT2D eigenvalue weighted by Crippen LogP contribution is 2.30. The summed E-state index contributed by atoms with van der Waals surface area (Å²) in [4.78, 5) is 20.3. The number of carbonyl (C=O) groups excluding carboxylic acids is 1. The van der Waals surface area contributed by atoms with Gasteiger partial charge in [-0.1, -0.05) is 17.8 Å². The first kappa shape index (κ1) is 19.5. The van der Waals surface area contributed by atoms with Gasteiger partial charge in [-0.15, -0.1) is 0 Å². The zero-order chi connectivity index (χ0) is 18.4. The van der Waals surface area contributed by atoms with Crippen LogP contribution in [0.2, 0.25) is 0 Å². The van der Waals surface area contributed by atoms with Gasteiger partial charge in [0.15, 0.2) is 0 Å². The van der Waals surface area contributed by atoms with E-state index in [0.29, 0.717) is 5.56 Å². The molecule has 0 fully saturated rings. The molecule has 0 spiro atoms.